The normalized spacial score (nSPS) is 22.3. The van der Waals surface area contributed by atoms with Gasteiger partial charge in [-0.25, -0.2) is 0 Å². The second-order valence-corrected chi connectivity index (χ2v) is 5.03. The minimum absolute atomic E-state index is 0.281. The molecule has 88 valence electrons. The molecule has 15 heavy (non-hydrogen) atoms. The van der Waals surface area contributed by atoms with E-state index in [1.54, 1.807) is 0 Å². The van der Waals surface area contributed by atoms with Crippen molar-refractivity contribution in [3.05, 3.63) is 11.6 Å². The fraction of sp³-hybridized carbons (Fsp3) is 0.833. The lowest BCUT2D eigenvalue weighted by molar-refractivity contribution is 0.210. The van der Waals surface area contributed by atoms with E-state index in [0.29, 0.717) is 0 Å². The monoisotopic (exact) mass is 230 g/mol. The van der Waals surface area contributed by atoms with E-state index in [0.717, 1.165) is 31.2 Å². The van der Waals surface area contributed by atoms with E-state index < -0.39 is 0 Å². The summed E-state index contributed by atoms with van der Waals surface area (Å²) in [6.45, 7) is 12.5. The summed E-state index contributed by atoms with van der Waals surface area (Å²) in [5, 5.41) is 4.43. The zero-order chi connectivity index (χ0) is 11.3. The third-order valence-electron chi connectivity index (χ3n) is 3.43. The van der Waals surface area contributed by atoms with Crippen LogP contribution >= 0.6 is 11.6 Å². The summed E-state index contributed by atoms with van der Waals surface area (Å²) in [5.41, 5.74) is 0.281. The van der Waals surface area contributed by atoms with Crippen LogP contribution < -0.4 is 5.32 Å². The van der Waals surface area contributed by atoms with Gasteiger partial charge in [0.25, 0.3) is 0 Å². The van der Waals surface area contributed by atoms with Gasteiger partial charge >= 0.3 is 0 Å². The first-order valence-electron chi connectivity index (χ1n) is 5.92. The SMILES string of the molecule is C=C(Cl)CN1CCCNC(CC)(CC)C1. The van der Waals surface area contributed by atoms with Crippen molar-refractivity contribution >= 4 is 11.6 Å². The number of halogens is 1. The van der Waals surface area contributed by atoms with Crippen LogP contribution in [0.4, 0.5) is 0 Å². The summed E-state index contributed by atoms with van der Waals surface area (Å²) < 4.78 is 0. The molecule has 2 nitrogen and oxygen atoms in total. The summed E-state index contributed by atoms with van der Waals surface area (Å²) in [6.07, 6.45) is 3.55. The Kier molecular flexibility index (Phi) is 5.10. The third kappa shape index (κ3) is 3.78. The van der Waals surface area contributed by atoms with E-state index >= 15 is 0 Å². The number of rotatable bonds is 4. The Bertz CT molecular complexity index is 212. The molecule has 0 bridgehead atoms. The molecular formula is C12H23ClN2. The topological polar surface area (TPSA) is 15.3 Å². The van der Waals surface area contributed by atoms with Gasteiger partial charge < -0.3 is 5.32 Å². The molecule has 0 atom stereocenters. The maximum absolute atomic E-state index is 5.89. The molecule has 1 heterocycles. The van der Waals surface area contributed by atoms with E-state index in [2.05, 4.69) is 30.6 Å². The lowest BCUT2D eigenvalue weighted by Gasteiger charge is -2.35. The van der Waals surface area contributed by atoms with Crippen LogP contribution in [0, 0.1) is 0 Å². The lowest BCUT2D eigenvalue weighted by Crippen LogP contribution is -2.50. The van der Waals surface area contributed by atoms with Gasteiger partial charge in [0.05, 0.1) is 0 Å². The summed E-state index contributed by atoms with van der Waals surface area (Å²) in [4.78, 5) is 2.42. The first-order chi connectivity index (χ1) is 7.12. The molecule has 1 fully saturated rings. The number of hydrogen-bond donors (Lipinski definition) is 1. The molecule has 0 amide bonds. The Morgan fingerprint density at radius 2 is 2.13 bits per heavy atom. The third-order valence-corrected chi connectivity index (χ3v) is 3.55. The molecule has 0 saturated carbocycles. The highest BCUT2D eigenvalue weighted by Crippen LogP contribution is 2.20. The van der Waals surface area contributed by atoms with E-state index in [9.17, 15) is 0 Å². The summed E-state index contributed by atoms with van der Waals surface area (Å²) in [7, 11) is 0. The smallest absolute Gasteiger partial charge is 0.0336 e. The highest BCUT2D eigenvalue weighted by atomic mass is 35.5. The predicted octanol–water partition coefficient (Wildman–Crippen LogP) is 2.59. The Hall–Kier alpha value is -0.0500. The molecule has 0 aliphatic carbocycles. The second-order valence-electron chi connectivity index (χ2n) is 4.50. The zero-order valence-electron chi connectivity index (χ0n) is 9.98. The van der Waals surface area contributed by atoms with Crippen molar-refractivity contribution in [2.45, 2.75) is 38.6 Å². The molecule has 3 heteroatoms. The summed E-state index contributed by atoms with van der Waals surface area (Å²) in [6, 6.07) is 0. The van der Waals surface area contributed by atoms with Gasteiger partial charge in [-0.15, -0.1) is 0 Å². The van der Waals surface area contributed by atoms with Crippen LogP contribution in [0.5, 0.6) is 0 Å². The number of nitrogens with one attached hydrogen (secondary N) is 1. The largest absolute Gasteiger partial charge is 0.310 e. The van der Waals surface area contributed by atoms with Crippen molar-refractivity contribution in [3.63, 3.8) is 0 Å². The molecule has 0 aromatic rings. The quantitative estimate of drug-likeness (QED) is 0.799. The Labute approximate surface area is 98.7 Å². The van der Waals surface area contributed by atoms with Crippen LogP contribution in [-0.4, -0.2) is 36.6 Å². The molecule has 0 unspecified atom stereocenters. The molecule has 0 radical (unpaired) electrons. The fourth-order valence-corrected chi connectivity index (χ4v) is 2.49. The standard InChI is InChI=1S/C12H23ClN2/c1-4-12(5-2)10-15(9-11(3)13)8-6-7-14-12/h14H,3-10H2,1-2H3. The maximum Gasteiger partial charge on any atom is 0.0336 e. The van der Waals surface area contributed by atoms with Gasteiger partial charge in [-0.05, 0) is 32.4 Å². The van der Waals surface area contributed by atoms with Crippen LogP contribution in [0.25, 0.3) is 0 Å². The van der Waals surface area contributed by atoms with Crippen molar-refractivity contribution in [2.24, 2.45) is 0 Å². The average molecular weight is 231 g/mol. The van der Waals surface area contributed by atoms with Gasteiger partial charge in [-0.1, -0.05) is 32.0 Å². The highest BCUT2D eigenvalue weighted by Gasteiger charge is 2.29. The fourth-order valence-electron chi connectivity index (χ4n) is 2.32. The van der Waals surface area contributed by atoms with Gasteiger partial charge in [-0.3, -0.25) is 4.90 Å². The van der Waals surface area contributed by atoms with E-state index in [1.165, 1.54) is 19.3 Å². The van der Waals surface area contributed by atoms with Crippen molar-refractivity contribution < 1.29 is 0 Å². The van der Waals surface area contributed by atoms with Crippen LogP contribution in [0.2, 0.25) is 0 Å². The second kappa shape index (κ2) is 5.88. The first-order valence-corrected chi connectivity index (χ1v) is 6.30. The van der Waals surface area contributed by atoms with Crippen LogP contribution in [-0.2, 0) is 0 Å². The molecule has 1 saturated heterocycles. The van der Waals surface area contributed by atoms with Crippen LogP contribution in [0.3, 0.4) is 0 Å². The molecule has 1 aliphatic heterocycles. The maximum atomic E-state index is 5.89. The summed E-state index contributed by atoms with van der Waals surface area (Å²) in [5.74, 6) is 0. The lowest BCUT2D eigenvalue weighted by atomic mass is 9.92. The Morgan fingerprint density at radius 1 is 1.47 bits per heavy atom. The van der Waals surface area contributed by atoms with Gasteiger partial charge in [0.2, 0.25) is 0 Å². The molecular weight excluding hydrogens is 208 g/mol. The molecule has 0 spiro atoms. The van der Waals surface area contributed by atoms with E-state index in [4.69, 9.17) is 11.6 Å². The zero-order valence-corrected chi connectivity index (χ0v) is 10.7. The molecule has 1 aliphatic rings. The highest BCUT2D eigenvalue weighted by molar-refractivity contribution is 6.29. The van der Waals surface area contributed by atoms with Crippen molar-refractivity contribution in [1.82, 2.24) is 10.2 Å². The predicted molar refractivity (Wildman–Crippen MR) is 67.4 cm³/mol. The van der Waals surface area contributed by atoms with Gasteiger partial charge in [-0.2, -0.15) is 0 Å². The molecule has 1 N–H and O–H groups in total. The average Bonchev–Trinajstić information content (AvgIpc) is 2.40. The van der Waals surface area contributed by atoms with E-state index in [1.807, 2.05) is 0 Å². The van der Waals surface area contributed by atoms with Crippen molar-refractivity contribution in [2.75, 3.05) is 26.2 Å². The minimum atomic E-state index is 0.281. The molecule has 1 rings (SSSR count). The van der Waals surface area contributed by atoms with Gasteiger partial charge in [0, 0.05) is 23.7 Å². The van der Waals surface area contributed by atoms with Crippen molar-refractivity contribution in [3.8, 4) is 0 Å². The Balaban J connectivity index is 2.63. The molecule has 0 aromatic heterocycles. The van der Waals surface area contributed by atoms with Gasteiger partial charge in [0.1, 0.15) is 0 Å². The molecule has 0 aromatic carbocycles. The number of hydrogen-bond acceptors (Lipinski definition) is 2. The minimum Gasteiger partial charge on any atom is -0.310 e. The van der Waals surface area contributed by atoms with Crippen LogP contribution in [0.1, 0.15) is 33.1 Å². The van der Waals surface area contributed by atoms with Gasteiger partial charge in [0.15, 0.2) is 0 Å². The first kappa shape index (κ1) is 13.0. The van der Waals surface area contributed by atoms with E-state index in [-0.39, 0.29) is 5.54 Å². The number of nitrogens with zero attached hydrogens (tertiary/aromatic N) is 1. The summed E-state index contributed by atoms with van der Waals surface area (Å²) >= 11 is 5.89. The van der Waals surface area contributed by atoms with Crippen LogP contribution in [0.15, 0.2) is 11.6 Å². The van der Waals surface area contributed by atoms with Crippen molar-refractivity contribution in [1.29, 1.82) is 0 Å². The Morgan fingerprint density at radius 3 is 2.67 bits per heavy atom.